The predicted molar refractivity (Wildman–Crippen MR) is 126 cm³/mol. The van der Waals surface area contributed by atoms with E-state index in [1.54, 1.807) is 18.9 Å². The molecule has 2 aromatic carbocycles. The number of rotatable bonds is 8. The summed E-state index contributed by atoms with van der Waals surface area (Å²) in [6.07, 6.45) is 5.08. The van der Waals surface area contributed by atoms with Crippen molar-refractivity contribution in [1.82, 2.24) is 35.2 Å². The Kier molecular flexibility index (Phi) is 6.91. The molecule has 0 saturated carbocycles. The van der Waals surface area contributed by atoms with Crippen LogP contribution >= 0.6 is 0 Å². The quantitative estimate of drug-likeness (QED) is 0.333. The Balaban J connectivity index is 1.47. The number of aryl methyl sites for hydroxylation is 1. The first-order valence-electron chi connectivity index (χ1n) is 10.7. The van der Waals surface area contributed by atoms with Crippen molar-refractivity contribution in [2.45, 2.75) is 26.6 Å². The van der Waals surface area contributed by atoms with E-state index in [1.165, 1.54) is 22.3 Å². The fourth-order valence-corrected chi connectivity index (χ4v) is 3.49. The molecule has 2 heterocycles. The van der Waals surface area contributed by atoms with Crippen molar-refractivity contribution in [2.75, 3.05) is 6.54 Å². The zero-order valence-corrected chi connectivity index (χ0v) is 18.4. The minimum absolute atomic E-state index is 0.581. The SMILES string of the molecule is CCNC(=NCc1ccccc1-c1ccc(Cn2cncn2)cc1)NCc1ccnn1C. The molecule has 0 bridgehead atoms. The molecule has 8 nitrogen and oxygen atoms in total. The lowest BCUT2D eigenvalue weighted by Gasteiger charge is -2.13. The molecule has 4 aromatic rings. The van der Waals surface area contributed by atoms with E-state index in [9.17, 15) is 0 Å². The van der Waals surface area contributed by atoms with Crippen LogP contribution in [0.1, 0.15) is 23.7 Å². The van der Waals surface area contributed by atoms with Gasteiger partial charge in [0.05, 0.1) is 25.3 Å². The van der Waals surface area contributed by atoms with E-state index in [2.05, 4.69) is 81.3 Å². The van der Waals surface area contributed by atoms with Gasteiger partial charge in [-0.3, -0.25) is 4.68 Å². The van der Waals surface area contributed by atoms with Crippen LogP contribution in [-0.2, 0) is 26.7 Å². The van der Waals surface area contributed by atoms with Crippen LogP contribution in [0.15, 0.2) is 78.4 Å². The van der Waals surface area contributed by atoms with Gasteiger partial charge in [-0.2, -0.15) is 10.2 Å². The van der Waals surface area contributed by atoms with E-state index in [0.29, 0.717) is 19.6 Å². The number of guanidine groups is 1. The van der Waals surface area contributed by atoms with Crippen LogP contribution in [0.4, 0.5) is 0 Å². The van der Waals surface area contributed by atoms with Gasteiger partial charge in [0.15, 0.2) is 5.96 Å². The predicted octanol–water partition coefficient (Wildman–Crippen LogP) is 2.98. The first-order chi connectivity index (χ1) is 15.7. The number of nitrogens with one attached hydrogen (secondary N) is 2. The maximum atomic E-state index is 4.81. The van der Waals surface area contributed by atoms with Crippen molar-refractivity contribution in [3.63, 3.8) is 0 Å². The molecule has 0 saturated heterocycles. The van der Waals surface area contributed by atoms with Crippen LogP contribution in [0.25, 0.3) is 11.1 Å². The molecule has 2 aromatic heterocycles. The lowest BCUT2D eigenvalue weighted by Crippen LogP contribution is -2.37. The summed E-state index contributed by atoms with van der Waals surface area (Å²) in [5.74, 6) is 0.784. The van der Waals surface area contributed by atoms with Gasteiger partial charge >= 0.3 is 0 Å². The van der Waals surface area contributed by atoms with Gasteiger partial charge in [-0.1, -0.05) is 48.5 Å². The molecular weight excluding hydrogens is 400 g/mol. The third-order valence-electron chi connectivity index (χ3n) is 5.20. The molecule has 0 fully saturated rings. The average Bonchev–Trinajstić information content (AvgIpc) is 3.48. The Morgan fingerprint density at radius 3 is 2.56 bits per heavy atom. The average molecular weight is 429 g/mol. The molecule has 2 N–H and O–H groups in total. The Bertz CT molecular complexity index is 1140. The van der Waals surface area contributed by atoms with Gasteiger partial charge in [0.25, 0.3) is 0 Å². The fourth-order valence-electron chi connectivity index (χ4n) is 3.49. The molecule has 0 unspecified atom stereocenters. The summed E-state index contributed by atoms with van der Waals surface area (Å²) in [6, 6.07) is 19.0. The third-order valence-corrected chi connectivity index (χ3v) is 5.20. The summed E-state index contributed by atoms with van der Waals surface area (Å²) < 4.78 is 3.68. The second-order valence-corrected chi connectivity index (χ2v) is 7.44. The lowest BCUT2D eigenvalue weighted by atomic mass is 9.98. The smallest absolute Gasteiger partial charge is 0.191 e. The summed E-state index contributed by atoms with van der Waals surface area (Å²) in [5, 5.41) is 15.1. The Hall–Kier alpha value is -3.94. The molecule has 0 aliphatic rings. The first kappa shape index (κ1) is 21.3. The van der Waals surface area contributed by atoms with Gasteiger partial charge in [0.2, 0.25) is 0 Å². The van der Waals surface area contributed by atoms with Crippen LogP contribution in [0.2, 0.25) is 0 Å². The van der Waals surface area contributed by atoms with Crippen molar-refractivity contribution < 1.29 is 0 Å². The zero-order chi connectivity index (χ0) is 22.2. The van der Waals surface area contributed by atoms with Gasteiger partial charge in [-0.25, -0.2) is 14.7 Å². The largest absolute Gasteiger partial charge is 0.357 e. The van der Waals surface area contributed by atoms with Crippen molar-refractivity contribution >= 4 is 5.96 Å². The van der Waals surface area contributed by atoms with E-state index >= 15 is 0 Å². The van der Waals surface area contributed by atoms with Crippen LogP contribution in [0, 0.1) is 0 Å². The molecule has 0 spiro atoms. The van der Waals surface area contributed by atoms with Crippen LogP contribution in [0.5, 0.6) is 0 Å². The summed E-state index contributed by atoms with van der Waals surface area (Å²) in [7, 11) is 1.94. The van der Waals surface area contributed by atoms with Crippen molar-refractivity contribution in [2.24, 2.45) is 12.0 Å². The molecule has 0 amide bonds. The molecule has 8 heteroatoms. The maximum Gasteiger partial charge on any atom is 0.191 e. The lowest BCUT2D eigenvalue weighted by molar-refractivity contribution is 0.685. The number of aliphatic imine (C=N–C) groups is 1. The highest BCUT2D eigenvalue weighted by Crippen LogP contribution is 2.25. The highest BCUT2D eigenvalue weighted by Gasteiger charge is 2.07. The summed E-state index contributed by atoms with van der Waals surface area (Å²) in [5.41, 5.74) is 5.82. The van der Waals surface area contributed by atoms with Gasteiger partial charge in [-0.15, -0.1) is 0 Å². The van der Waals surface area contributed by atoms with Crippen molar-refractivity contribution in [3.05, 3.63) is 90.3 Å². The summed E-state index contributed by atoms with van der Waals surface area (Å²) >= 11 is 0. The van der Waals surface area contributed by atoms with Gasteiger partial charge in [0.1, 0.15) is 12.7 Å². The standard InChI is InChI=1S/C24H28N8/c1-3-26-24(28-15-22-12-13-29-31(22)2)27-14-21-6-4-5-7-23(21)20-10-8-19(9-11-20)16-32-18-25-17-30-32/h4-13,17-18H,3,14-16H2,1-2H3,(H2,26,27,28). The van der Waals surface area contributed by atoms with Crippen molar-refractivity contribution in [3.8, 4) is 11.1 Å². The minimum Gasteiger partial charge on any atom is -0.357 e. The number of nitrogens with zero attached hydrogens (tertiary/aromatic N) is 6. The Labute approximate surface area is 188 Å². The summed E-state index contributed by atoms with van der Waals surface area (Å²) in [4.78, 5) is 8.81. The molecule has 0 aliphatic carbocycles. The van der Waals surface area contributed by atoms with E-state index in [0.717, 1.165) is 18.2 Å². The number of aromatic nitrogens is 5. The van der Waals surface area contributed by atoms with E-state index < -0.39 is 0 Å². The first-order valence-corrected chi connectivity index (χ1v) is 10.7. The topological polar surface area (TPSA) is 84.9 Å². The number of benzene rings is 2. The molecule has 0 radical (unpaired) electrons. The summed E-state index contributed by atoms with van der Waals surface area (Å²) in [6.45, 7) is 4.82. The number of hydrogen-bond acceptors (Lipinski definition) is 4. The number of hydrogen-bond donors (Lipinski definition) is 2. The zero-order valence-electron chi connectivity index (χ0n) is 18.4. The normalized spacial score (nSPS) is 11.5. The van der Waals surface area contributed by atoms with Crippen LogP contribution in [-0.4, -0.2) is 37.0 Å². The highest BCUT2D eigenvalue weighted by molar-refractivity contribution is 5.80. The molecule has 4 rings (SSSR count). The molecule has 0 atom stereocenters. The van der Waals surface area contributed by atoms with Crippen LogP contribution in [0.3, 0.4) is 0 Å². The Morgan fingerprint density at radius 2 is 1.84 bits per heavy atom. The van der Waals surface area contributed by atoms with Crippen LogP contribution < -0.4 is 10.6 Å². The minimum atomic E-state index is 0.581. The molecule has 32 heavy (non-hydrogen) atoms. The van der Waals surface area contributed by atoms with Crippen molar-refractivity contribution in [1.29, 1.82) is 0 Å². The van der Waals surface area contributed by atoms with E-state index in [1.807, 2.05) is 22.5 Å². The van der Waals surface area contributed by atoms with Gasteiger partial charge in [-0.05, 0) is 35.2 Å². The Morgan fingerprint density at radius 1 is 1.00 bits per heavy atom. The van der Waals surface area contributed by atoms with E-state index in [4.69, 9.17) is 4.99 Å². The fraction of sp³-hybridized carbons (Fsp3) is 0.250. The maximum absolute atomic E-state index is 4.81. The van der Waals surface area contributed by atoms with Gasteiger partial charge in [0, 0.05) is 19.8 Å². The second-order valence-electron chi connectivity index (χ2n) is 7.44. The van der Waals surface area contributed by atoms with E-state index in [-0.39, 0.29) is 0 Å². The van der Waals surface area contributed by atoms with Gasteiger partial charge < -0.3 is 10.6 Å². The molecule has 0 aliphatic heterocycles. The second kappa shape index (κ2) is 10.4. The highest BCUT2D eigenvalue weighted by atomic mass is 15.3. The third kappa shape index (κ3) is 5.40. The molecule has 164 valence electrons. The monoisotopic (exact) mass is 428 g/mol. The molecular formula is C24H28N8.